The molecule has 1 aromatic carbocycles. The Kier molecular flexibility index (Phi) is 4.82. The van der Waals surface area contributed by atoms with Crippen LogP contribution in [-0.2, 0) is 11.3 Å². The molecule has 6 heteroatoms. The number of esters is 1. The third-order valence-electron chi connectivity index (χ3n) is 2.54. The molecule has 0 bridgehead atoms. The number of carbonyl (C=O) groups excluding carboxylic acids is 1. The fourth-order valence-electron chi connectivity index (χ4n) is 1.56. The van der Waals surface area contributed by atoms with Gasteiger partial charge in [-0.1, -0.05) is 23.2 Å². The lowest BCUT2D eigenvalue weighted by atomic mass is 10.2. The maximum absolute atomic E-state index is 11.4. The van der Waals surface area contributed by atoms with E-state index in [0.717, 1.165) is 5.56 Å². The number of aromatic nitrogens is 1. The highest BCUT2D eigenvalue weighted by Crippen LogP contribution is 2.26. The van der Waals surface area contributed by atoms with Crippen LogP contribution >= 0.6 is 23.2 Å². The Morgan fingerprint density at radius 1 is 1.25 bits per heavy atom. The Morgan fingerprint density at radius 2 is 2.05 bits per heavy atom. The van der Waals surface area contributed by atoms with Crippen molar-refractivity contribution in [2.24, 2.45) is 0 Å². The summed E-state index contributed by atoms with van der Waals surface area (Å²) in [4.78, 5) is 15.2. The normalized spacial score (nSPS) is 10.2. The Hall–Kier alpha value is -1.78. The van der Waals surface area contributed by atoms with E-state index in [4.69, 9.17) is 27.9 Å². The van der Waals surface area contributed by atoms with E-state index in [1.165, 1.54) is 13.2 Å². The molecule has 1 aromatic heterocycles. The van der Waals surface area contributed by atoms with Crippen LogP contribution in [0.15, 0.2) is 36.5 Å². The largest absolute Gasteiger partial charge is 0.487 e. The minimum Gasteiger partial charge on any atom is -0.487 e. The quantitative estimate of drug-likeness (QED) is 0.637. The SMILES string of the molecule is COC(=O)c1ccc(OCc2ccnc(Cl)c2)c(Cl)c1. The van der Waals surface area contributed by atoms with Gasteiger partial charge in [-0.05, 0) is 35.9 Å². The van der Waals surface area contributed by atoms with Gasteiger partial charge in [-0.2, -0.15) is 0 Å². The van der Waals surface area contributed by atoms with Gasteiger partial charge in [0.1, 0.15) is 17.5 Å². The third kappa shape index (κ3) is 3.62. The number of pyridine rings is 1. The zero-order valence-electron chi connectivity index (χ0n) is 10.6. The Balaban J connectivity index is 2.08. The van der Waals surface area contributed by atoms with Crippen molar-refractivity contribution in [3.8, 4) is 5.75 Å². The number of hydrogen-bond donors (Lipinski definition) is 0. The van der Waals surface area contributed by atoms with Crippen LogP contribution in [0.25, 0.3) is 0 Å². The van der Waals surface area contributed by atoms with Crippen LogP contribution in [0.1, 0.15) is 15.9 Å². The van der Waals surface area contributed by atoms with Crippen LogP contribution in [0.5, 0.6) is 5.75 Å². The van der Waals surface area contributed by atoms with Crippen molar-refractivity contribution >= 4 is 29.2 Å². The van der Waals surface area contributed by atoms with Gasteiger partial charge in [0.15, 0.2) is 0 Å². The van der Waals surface area contributed by atoms with Gasteiger partial charge < -0.3 is 9.47 Å². The predicted molar refractivity (Wildman–Crippen MR) is 76.4 cm³/mol. The summed E-state index contributed by atoms with van der Waals surface area (Å²) in [6.07, 6.45) is 1.60. The predicted octanol–water partition coefficient (Wildman–Crippen LogP) is 3.75. The molecule has 0 N–H and O–H groups in total. The molecular formula is C14H11Cl2NO3. The van der Waals surface area contributed by atoms with Crippen molar-refractivity contribution in [1.82, 2.24) is 4.98 Å². The zero-order valence-corrected chi connectivity index (χ0v) is 12.1. The second kappa shape index (κ2) is 6.59. The van der Waals surface area contributed by atoms with Crippen molar-refractivity contribution in [2.45, 2.75) is 6.61 Å². The number of nitrogens with zero attached hydrogens (tertiary/aromatic N) is 1. The smallest absolute Gasteiger partial charge is 0.337 e. The summed E-state index contributed by atoms with van der Waals surface area (Å²) in [5, 5.41) is 0.742. The molecule has 0 fully saturated rings. The molecular weight excluding hydrogens is 301 g/mol. The molecule has 1 heterocycles. The van der Waals surface area contributed by atoms with Gasteiger partial charge in [0.05, 0.1) is 17.7 Å². The fraction of sp³-hybridized carbons (Fsp3) is 0.143. The molecule has 0 saturated heterocycles. The molecule has 0 saturated carbocycles. The van der Waals surface area contributed by atoms with E-state index in [-0.39, 0.29) is 0 Å². The Labute approximate surface area is 126 Å². The molecule has 2 aromatic rings. The fourth-order valence-corrected chi connectivity index (χ4v) is 1.99. The van der Waals surface area contributed by atoms with E-state index in [1.807, 2.05) is 0 Å². The maximum Gasteiger partial charge on any atom is 0.337 e. The molecule has 0 unspecified atom stereocenters. The molecule has 0 atom stereocenters. The molecule has 0 aliphatic heterocycles. The van der Waals surface area contributed by atoms with E-state index >= 15 is 0 Å². The lowest BCUT2D eigenvalue weighted by Crippen LogP contribution is -2.02. The van der Waals surface area contributed by atoms with Crippen LogP contribution in [-0.4, -0.2) is 18.1 Å². The molecule has 0 radical (unpaired) electrons. The van der Waals surface area contributed by atoms with Crippen LogP contribution < -0.4 is 4.74 Å². The van der Waals surface area contributed by atoms with Crippen molar-refractivity contribution in [2.75, 3.05) is 7.11 Å². The molecule has 2 rings (SSSR count). The van der Waals surface area contributed by atoms with Crippen molar-refractivity contribution in [1.29, 1.82) is 0 Å². The highest BCUT2D eigenvalue weighted by atomic mass is 35.5. The van der Waals surface area contributed by atoms with Gasteiger partial charge in [-0.25, -0.2) is 9.78 Å². The molecule has 0 aliphatic rings. The topological polar surface area (TPSA) is 48.4 Å². The van der Waals surface area contributed by atoms with Gasteiger partial charge in [0.2, 0.25) is 0 Å². The van der Waals surface area contributed by atoms with Gasteiger partial charge in [0.25, 0.3) is 0 Å². The zero-order chi connectivity index (χ0) is 14.5. The summed E-state index contributed by atoms with van der Waals surface area (Å²) >= 11 is 11.8. The number of hydrogen-bond acceptors (Lipinski definition) is 4. The van der Waals surface area contributed by atoms with E-state index in [9.17, 15) is 4.79 Å². The van der Waals surface area contributed by atoms with Gasteiger partial charge >= 0.3 is 5.97 Å². The van der Waals surface area contributed by atoms with E-state index in [2.05, 4.69) is 9.72 Å². The second-order valence-corrected chi connectivity index (χ2v) is 4.71. The minimum atomic E-state index is -0.445. The molecule has 20 heavy (non-hydrogen) atoms. The van der Waals surface area contributed by atoms with Gasteiger partial charge in [0, 0.05) is 6.20 Å². The lowest BCUT2D eigenvalue weighted by Gasteiger charge is -2.09. The summed E-state index contributed by atoms with van der Waals surface area (Å²) in [6, 6.07) is 8.22. The maximum atomic E-state index is 11.4. The molecule has 0 aliphatic carbocycles. The number of ether oxygens (including phenoxy) is 2. The van der Waals surface area contributed by atoms with Crippen molar-refractivity contribution in [3.05, 3.63) is 57.8 Å². The van der Waals surface area contributed by atoms with Crippen LogP contribution in [0.2, 0.25) is 10.2 Å². The first kappa shape index (κ1) is 14.6. The van der Waals surface area contributed by atoms with Gasteiger partial charge in [-0.3, -0.25) is 0 Å². The average molecular weight is 312 g/mol. The van der Waals surface area contributed by atoms with Crippen LogP contribution in [0, 0.1) is 0 Å². The number of benzene rings is 1. The number of carbonyl (C=O) groups is 1. The van der Waals surface area contributed by atoms with Crippen LogP contribution in [0.3, 0.4) is 0 Å². The first-order valence-electron chi connectivity index (χ1n) is 5.71. The lowest BCUT2D eigenvalue weighted by molar-refractivity contribution is 0.0600. The highest BCUT2D eigenvalue weighted by Gasteiger charge is 2.09. The first-order valence-corrected chi connectivity index (χ1v) is 6.47. The Morgan fingerprint density at radius 3 is 2.70 bits per heavy atom. The molecule has 0 spiro atoms. The van der Waals surface area contributed by atoms with Gasteiger partial charge in [-0.15, -0.1) is 0 Å². The van der Waals surface area contributed by atoms with Crippen molar-refractivity contribution < 1.29 is 14.3 Å². The van der Waals surface area contributed by atoms with E-state index in [0.29, 0.717) is 28.1 Å². The van der Waals surface area contributed by atoms with E-state index < -0.39 is 5.97 Å². The Bertz CT molecular complexity index is 632. The summed E-state index contributed by atoms with van der Waals surface area (Å²) in [6.45, 7) is 0.305. The minimum absolute atomic E-state index is 0.305. The van der Waals surface area contributed by atoms with Crippen LogP contribution in [0.4, 0.5) is 0 Å². The summed E-state index contributed by atoms with van der Waals surface area (Å²) in [7, 11) is 1.31. The number of halogens is 2. The summed E-state index contributed by atoms with van der Waals surface area (Å²) in [5.74, 6) is 0.0339. The second-order valence-electron chi connectivity index (χ2n) is 3.91. The molecule has 104 valence electrons. The molecule has 0 amide bonds. The average Bonchev–Trinajstić information content (AvgIpc) is 2.45. The first-order chi connectivity index (χ1) is 9.60. The monoisotopic (exact) mass is 311 g/mol. The molecule has 4 nitrogen and oxygen atoms in total. The van der Waals surface area contributed by atoms with Crippen molar-refractivity contribution in [3.63, 3.8) is 0 Å². The summed E-state index contributed by atoms with van der Waals surface area (Å²) in [5.41, 5.74) is 1.25. The number of methoxy groups -OCH3 is 1. The summed E-state index contributed by atoms with van der Waals surface area (Å²) < 4.78 is 10.2. The number of rotatable bonds is 4. The third-order valence-corrected chi connectivity index (χ3v) is 3.04. The van der Waals surface area contributed by atoms with E-state index in [1.54, 1.807) is 30.5 Å². The highest BCUT2D eigenvalue weighted by molar-refractivity contribution is 6.32. The standard InChI is InChI=1S/C14H11Cl2NO3/c1-19-14(18)10-2-3-12(11(15)7-10)20-8-9-4-5-17-13(16)6-9/h2-7H,8H2,1H3.